The maximum Gasteiger partial charge on any atom is 0.215 e. The van der Waals surface area contributed by atoms with Crippen molar-refractivity contribution < 1.29 is 8.42 Å². The molecule has 104 valence electrons. The van der Waals surface area contributed by atoms with Gasteiger partial charge < -0.3 is 5.32 Å². The Bertz CT molecular complexity index is 678. The first-order chi connectivity index (χ1) is 8.92. The van der Waals surface area contributed by atoms with E-state index in [9.17, 15) is 8.42 Å². The lowest BCUT2D eigenvalue weighted by molar-refractivity contribution is 0.521. The van der Waals surface area contributed by atoms with Crippen molar-refractivity contribution in [2.45, 2.75) is 0 Å². The highest BCUT2D eigenvalue weighted by Gasteiger charge is 2.13. The molecule has 0 amide bonds. The highest BCUT2D eigenvalue weighted by Crippen LogP contribution is 2.17. The van der Waals surface area contributed by atoms with Gasteiger partial charge in [-0.2, -0.15) is 5.10 Å². The molecule has 0 saturated heterocycles. The smallest absolute Gasteiger partial charge is 0.215 e. The second-order valence-electron chi connectivity index (χ2n) is 4.25. The Morgan fingerprint density at radius 1 is 1.37 bits per heavy atom. The number of sulfonamides is 1. The van der Waals surface area contributed by atoms with E-state index in [-0.39, 0.29) is 12.3 Å². The summed E-state index contributed by atoms with van der Waals surface area (Å²) in [5, 5.41) is 7.86. The Morgan fingerprint density at radius 2 is 2.11 bits per heavy atom. The first-order valence-electron chi connectivity index (χ1n) is 5.68. The normalized spacial score (nSPS) is 12.2. The van der Waals surface area contributed by atoms with Gasteiger partial charge in [0, 0.05) is 27.7 Å². The van der Waals surface area contributed by atoms with Crippen LogP contribution in [0.25, 0.3) is 11.0 Å². The number of hydrogen-bond acceptors (Lipinski definition) is 6. The Kier molecular flexibility index (Phi) is 3.67. The molecule has 0 aliphatic heterocycles. The minimum Gasteiger partial charge on any atom is -0.368 e. The molecule has 8 nitrogen and oxygen atoms in total. The highest BCUT2D eigenvalue weighted by atomic mass is 32.2. The first kappa shape index (κ1) is 13.7. The molecule has 0 bridgehead atoms. The van der Waals surface area contributed by atoms with Gasteiger partial charge in [0.1, 0.15) is 12.1 Å². The largest absolute Gasteiger partial charge is 0.368 e. The molecule has 0 spiro atoms. The fourth-order valence-corrected chi connectivity index (χ4v) is 2.31. The maximum atomic E-state index is 11.6. The van der Waals surface area contributed by atoms with Gasteiger partial charge in [0.15, 0.2) is 5.65 Å². The van der Waals surface area contributed by atoms with Crippen LogP contribution in [0.1, 0.15) is 0 Å². The van der Waals surface area contributed by atoms with Gasteiger partial charge >= 0.3 is 0 Å². The zero-order valence-corrected chi connectivity index (χ0v) is 11.8. The number of hydrogen-bond donors (Lipinski definition) is 1. The SMILES string of the molecule is CN(C)S(=O)(=O)CCNc1ncnc2c1cnn2C. The third-order valence-corrected chi connectivity index (χ3v) is 4.57. The van der Waals surface area contributed by atoms with Gasteiger partial charge in [-0.25, -0.2) is 22.7 Å². The van der Waals surface area contributed by atoms with Crippen LogP contribution in [-0.2, 0) is 17.1 Å². The molecule has 2 aromatic rings. The van der Waals surface area contributed by atoms with Crippen molar-refractivity contribution in [3.63, 3.8) is 0 Å². The summed E-state index contributed by atoms with van der Waals surface area (Å²) < 4.78 is 26.1. The van der Waals surface area contributed by atoms with Crippen molar-refractivity contribution in [1.29, 1.82) is 0 Å². The van der Waals surface area contributed by atoms with Gasteiger partial charge in [0.25, 0.3) is 0 Å². The number of rotatable bonds is 5. The lowest BCUT2D eigenvalue weighted by atomic mass is 10.4. The molecule has 0 aliphatic rings. The average molecular weight is 284 g/mol. The maximum absolute atomic E-state index is 11.6. The quantitative estimate of drug-likeness (QED) is 0.808. The average Bonchev–Trinajstić information content (AvgIpc) is 2.72. The number of anilines is 1. The second kappa shape index (κ2) is 5.10. The summed E-state index contributed by atoms with van der Waals surface area (Å²) in [5.41, 5.74) is 0.702. The van der Waals surface area contributed by atoms with E-state index in [0.29, 0.717) is 11.5 Å². The van der Waals surface area contributed by atoms with Crippen molar-refractivity contribution in [2.24, 2.45) is 7.05 Å². The van der Waals surface area contributed by atoms with Crippen LogP contribution in [0.2, 0.25) is 0 Å². The predicted octanol–water partition coefficient (Wildman–Crippen LogP) is -0.333. The predicted molar refractivity (Wildman–Crippen MR) is 72.3 cm³/mol. The summed E-state index contributed by atoms with van der Waals surface area (Å²) in [7, 11) is 1.60. The van der Waals surface area contributed by atoms with Crippen LogP contribution in [0.5, 0.6) is 0 Å². The fourth-order valence-electron chi connectivity index (χ4n) is 1.58. The molecule has 2 heterocycles. The molecule has 2 aromatic heterocycles. The van der Waals surface area contributed by atoms with Gasteiger partial charge in [-0.15, -0.1) is 0 Å². The molecule has 9 heteroatoms. The van der Waals surface area contributed by atoms with E-state index in [4.69, 9.17) is 0 Å². The molecule has 19 heavy (non-hydrogen) atoms. The summed E-state index contributed by atoms with van der Waals surface area (Å²) in [6, 6.07) is 0. The molecule has 0 unspecified atom stereocenters. The second-order valence-corrected chi connectivity index (χ2v) is 6.56. The van der Waals surface area contributed by atoms with E-state index in [1.54, 1.807) is 17.9 Å². The van der Waals surface area contributed by atoms with Crippen molar-refractivity contribution in [2.75, 3.05) is 31.7 Å². The van der Waals surface area contributed by atoms with Gasteiger partial charge in [-0.05, 0) is 0 Å². The number of aromatic nitrogens is 4. The standard InChI is InChI=1S/C10H16N6O2S/c1-15(2)19(17,18)5-4-11-9-8-6-14-16(3)10(8)13-7-12-9/h6-7H,4-5H2,1-3H3,(H,11,12,13). The zero-order valence-electron chi connectivity index (χ0n) is 11.0. The summed E-state index contributed by atoms with van der Waals surface area (Å²) in [4.78, 5) is 8.21. The van der Waals surface area contributed by atoms with Crippen LogP contribution in [0.3, 0.4) is 0 Å². The third-order valence-electron chi connectivity index (χ3n) is 2.74. The lowest BCUT2D eigenvalue weighted by Crippen LogP contribution is -2.28. The van der Waals surface area contributed by atoms with E-state index >= 15 is 0 Å². The Hall–Kier alpha value is -1.74. The summed E-state index contributed by atoms with van der Waals surface area (Å²) in [6.07, 6.45) is 3.07. The molecule has 0 atom stereocenters. The summed E-state index contributed by atoms with van der Waals surface area (Å²) in [6.45, 7) is 0.279. The molecular formula is C10H16N6O2S. The van der Waals surface area contributed by atoms with Crippen LogP contribution in [0, 0.1) is 0 Å². The topological polar surface area (TPSA) is 93.0 Å². The van der Waals surface area contributed by atoms with E-state index in [0.717, 1.165) is 5.39 Å². The minimum absolute atomic E-state index is 0.00571. The van der Waals surface area contributed by atoms with Crippen molar-refractivity contribution in [1.82, 2.24) is 24.1 Å². The van der Waals surface area contributed by atoms with Gasteiger partial charge in [-0.3, -0.25) is 4.68 Å². The molecule has 0 saturated carbocycles. The molecule has 2 rings (SSSR count). The Morgan fingerprint density at radius 3 is 2.79 bits per heavy atom. The van der Waals surface area contributed by atoms with Crippen molar-refractivity contribution in [3.8, 4) is 0 Å². The third kappa shape index (κ3) is 2.82. The fraction of sp³-hybridized carbons (Fsp3) is 0.500. The van der Waals surface area contributed by atoms with Gasteiger partial charge in [0.05, 0.1) is 17.3 Å². The minimum atomic E-state index is -3.21. The number of fused-ring (bicyclic) bond motifs is 1. The Labute approximate surface area is 111 Å². The molecule has 0 fully saturated rings. The first-order valence-corrected chi connectivity index (χ1v) is 7.29. The zero-order chi connectivity index (χ0) is 14.0. The van der Waals surface area contributed by atoms with Gasteiger partial charge in [0.2, 0.25) is 10.0 Å². The van der Waals surface area contributed by atoms with Crippen LogP contribution in [0.15, 0.2) is 12.5 Å². The van der Waals surface area contributed by atoms with E-state index < -0.39 is 10.0 Å². The van der Waals surface area contributed by atoms with Crippen LogP contribution in [0.4, 0.5) is 5.82 Å². The molecule has 0 aliphatic carbocycles. The van der Waals surface area contributed by atoms with E-state index in [2.05, 4.69) is 20.4 Å². The van der Waals surface area contributed by atoms with Crippen LogP contribution >= 0.6 is 0 Å². The van der Waals surface area contributed by atoms with Gasteiger partial charge in [-0.1, -0.05) is 0 Å². The summed E-state index contributed by atoms with van der Waals surface area (Å²) in [5.74, 6) is 0.596. The lowest BCUT2D eigenvalue weighted by Gasteiger charge is -2.11. The molecule has 1 N–H and O–H groups in total. The molecule has 0 radical (unpaired) electrons. The highest BCUT2D eigenvalue weighted by molar-refractivity contribution is 7.89. The van der Waals surface area contributed by atoms with E-state index in [1.807, 2.05) is 0 Å². The van der Waals surface area contributed by atoms with Crippen LogP contribution in [-0.4, -0.2) is 58.9 Å². The molecule has 0 aromatic carbocycles. The van der Waals surface area contributed by atoms with Crippen LogP contribution < -0.4 is 5.32 Å². The summed E-state index contributed by atoms with van der Waals surface area (Å²) >= 11 is 0. The Balaban J connectivity index is 2.11. The number of nitrogens with one attached hydrogen (secondary N) is 1. The van der Waals surface area contributed by atoms with Crippen molar-refractivity contribution in [3.05, 3.63) is 12.5 Å². The van der Waals surface area contributed by atoms with E-state index in [1.165, 1.54) is 24.7 Å². The molecular weight excluding hydrogens is 268 g/mol. The monoisotopic (exact) mass is 284 g/mol. The number of nitrogens with zero attached hydrogens (tertiary/aromatic N) is 5. The number of aryl methyl sites for hydroxylation is 1. The van der Waals surface area contributed by atoms with Crippen molar-refractivity contribution >= 4 is 26.9 Å².